The van der Waals surface area contributed by atoms with Crippen molar-refractivity contribution in [3.05, 3.63) is 23.0 Å². The topological polar surface area (TPSA) is 65.5 Å². The van der Waals surface area contributed by atoms with Crippen LogP contribution in [0.5, 0.6) is 5.75 Å². The molecule has 0 aliphatic heterocycles. The Balaban J connectivity index is 3.35. The van der Waals surface area contributed by atoms with E-state index in [9.17, 15) is 9.59 Å². The van der Waals surface area contributed by atoms with Crippen LogP contribution in [0.4, 0.5) is 4.79 Å². The van der Waals surface area contributed by atoms with E-state index in [1.165, 1.54) is 7.11 Å². The smallest absolute Gasteiger partial charge is 0.437 e. The molecule has 5 nitrogen and oxygen atoms in total. The molecule has 0 saturated carbocycles. The lowest BCUT2D eigenvalue weighted by molar-refractivity contribution is -0.118. The number of hydrogen-bond donors (Lipinski definition) is 0. The zero-order chi connectivity index (χ0) is 15.5. The molecule has 1 aromatic heterocycles. The lowest BCUT2D eigenvalue weighted by Gasteiger charge is -2.27. The fraction of sp³-hybridized carbons (Fsp3) is 0.533. The summed E-state index contributed by atoms with van der Waals surface area (Å²) in [6, 6.07) is 1.68. The Kier molecular flexibility index (Phi) is 4.87. The normalized spacial score (nSPS) is 11.1. The molecule has 1 heterocycles. The van der Waals surface area contributed by atoms with Crippen molar-refractivity contribution >= 4 is 11.9 Å². The van der Waals surface area contributed by atoms with Crippen molar-refractivity contribution in [2.24, 2.45) is 0 Å². The predicted molar refractivity (Wildman–Crippen MR) is 75.1 cm³/mol. The van der Waals surface area contributed by atoms with Crippen LogP contribution in [0, 0.1) is 13.8 Å². The SMILES string of the molecule is COC(=O)Oc1cc(C)nc(C)c1C(C)(C)CC(C)=O. The van der Waals surface area contributed by atoms with Crippen molar-refractivity contribution in [1.82, 2.24) is 4.98 Å². The summed E-state index contributed by atoms with van der Waals surface area (Å²) in [5.74, 6) is 0.465. The highest BCUT2D eigenvalue weighted by Gasteiger charge is 2.30. The number of carbonyl (C=O) groups excluding carboxylic acids is 2. The molecular weight excluding hydrogens is 258 g/mol. The second-order valence-corrected chi connectivity index (χ2v) is 5.54. The predicted octanol–water partition coefficient (Wildman–Crippen LogP) is 3.10. The molecule has 0 unspecified atom stereocenters. The van der Waals surface area contributed by atoms with Crippen LogP contribution >= 0.6 is 0 Å². The summed E-state index contributed by atoms with van der Waals surface area (Å²) in [6.07, 6.45) is -0.439. The Morgan fingerprint density at radius 2 is 1.90 bits per heavy atom. The minimum Gasteiger partial charge on any atom is -0.437 e. The summed E-state index contributed by atoms with van der Waals surface area (Å²) < 4.78 is 9.75. The van der Waals surface area contributed by atoms with Gasteiger partial charge in [0.2, 0.25) is 0 Å². The number of ketones is 1. The van der Waals surface area contributed by atoms with Gasteiger partial charge in [-0.25, -0.2) is 4.79 Å². The lowest BCUT2D eigenvalue weighted by Crippen LogP contribution is -2.24. The first-order chi connectivity index (χ1) is 9.17. The molecule has 0 amide bonds. The standard InChI is InChI=1S/C15H21NO4/c1-9-7-12(20-14(18)19-6)13(11(3)16-9)15(4,5)8-10(2)17/h7H,8H2,1-6H3. The van der Waals surface area contributed by atoms with Crippen LogP contribution in [-0.2, 0) is 14.9 Å². The van der Waals surface area contributed by atoms with Crippen LogP contribution in [0.2, 0.25) is 0 Å². The number of rotatable bonds is 4. The number of aromatic nitrogens is 1. The first-order valence-electron chi connectivity index (χ1n) is 6.41. The van der Waals surface area contributed by atoms with Gasteiger partial charge in [-0.15, -0.1) is 0 Å². The molecular formula is C15H21NO4. The number of methoxy groups -OCH3 is 1. The number of pyridine rings is 1. The first kappa shape index (κ1) is 16.1. The van der Waals surface area contributed by atoms with Crippen molar-refractivity contribution < 1.29 is 19.1 Å². The second-order valence-electron chi connectivity index (χ2n) is 5.54. The highest BCUT2D eigenvalue weighted by molar-refractivity contribution is 5.77. The van der Waals surface area contributed by atoms with Gasteiger partial charge in [0.15, 0.2) is 0 Å². The zero-order valence-corrected chi connectivity index (χ0v) is 12.9. The Morgan fingerprint density at radius 1 is 1.30 bits per heavy atom. The fourth-order valence-electron chi connectivity index (χ4n) is 2.54. The lowest BCUT2D eigenvalue weighted by atomic mass is 9.79. The number of aryl methyl sites for hydroxylation is 2. The summed E-state index contributed by atoms with van der Waals surface area (Å²) >= 11 is 0. The van der Waals surface area contributed by atoms with E-state index in [1.807, 2.05) is 27.7 Å². The summed E-state index contributed by atoms with van der Waals surface area (Å²) in [7, 11) is 1.25. The fourth-order valence-corrected chi connectivity index (χ4v) is 2.54. The van der Waals surface area contributed by atoms with E-state index < -0.39 is 11.6 Å². The molecule has 1 rings (SSSR count). The molecule has 0 spiro atoms. The molecule has 20 heavy (non-hydrogen) atoms. The van der Waals surface area contributed by atoms with Crippen LogP contribution in [0.25, 0.3) is 0 Å². The van der Waals surface area contributed by atoms with Gasteiger partial charge < -0.3 is 9.47 Å². The summed E-state index contributed by atoms with van der Waals surface area (Å²) in [5.41, 5.74) is 1.77. The van der Waals surface area contributed by atoms with E-state index in [4.69, 9.17) is 4.74 Å². The molecule has 110 valence electrons. The Labute approximate surface area is 119 Å². The van der Waals surface area contributed by atoms with Gasteiger partial charge in [0.05, 0.1) is 7.11 Å². The monoisotopic (exact) mass is 279 g/mol. The van der Waals surface area contributed by atoms with Crippen LogP contribution in [-0.4, -0.2) is 24.0 Å². The molecule has 5 heteroatoms. The van der Waals surface area contributed by atoms with Gasteiger partial charge in [-0.1, -0.05) is 13.8 Å². The molecule has 1 aromatic rings. The molecule has 0 aliphatic rings. The van der Waals surface area contributed by atoms with Crippen molar-refractivity contribution in [3.63, 3.8) is 0 Å². The number of nitrogens with zero attached hydrogens (tertiary/aromatic N) is 1. The minimum atomic E-state index is -0.783. The van der Waals surface area contributed by atoms with Crippen LogP contribution < -0.4 is 4.74 Å². The highest BCUT2D eigenvalue weighted by atomic mass is 16.7. The second kappa shape index (κ2) is 6.03. The molecule has 0 atom stereocenters. The molecule has 0 aliphatic carbocycles. The molecule has 0 fully saturated rings. The average molecular weight is 279 g/mol. The van der Waals surface area contributed by atoms with Crippen LogP contribution in [0.1, 0.15) is 44.1 Å². The van der Waals surface area contributed by atoms with E-state index in [1.54, 1.807) is 13.0 Å². The molecule has 0 N–H and O–H groups in total. The van der Waals surface area contributed by atoms with E-state index >= 15 is 0 Å². The Hall–Kier alpha value is -1.91. The zero-order valence-electron chi connectivity index (χ0n) is 12.9. The molecule has 0 saturated heterocycles. The number of hydrogen-bond acceptors (Lipinski definition) is 5. The summed E-state index contributed by atoms with van der Waals surface area (Å²) in [4.78, 5) is 27.2. The van der Waals surface area contributed by atoms with Crippen LogP contribution in [0.3, 0.4) is 0 Å². The molecule has 0 bridgehead atoms. The number of carbonyl (C=O) groups is 2. The molecule has 0 radical (unpaired) electrons. The van der Waals surface area contributed by atoms with Gasteiger partial charge >= 0.3 is 6.16 Å². The minimum absolute atomic E-state index is 0.0685. The van der Waals surface area contributed by atoms with E-state index in [2.05, 4.69) is 9.72 Å². The van der Waals surface area contributed by atoms with Gasteiger partial charge in [-0.2, -0.15) is 0 Å². The molecule has 0 aromatic carbocycles. The quantitative estimate of drug-likeness (QED) is 0.792. The van der Waals surface area contributed by atoms with Gasteiger partial charge in [-0.05, 0) is 20.8 Å². The Bertz CT molecular complexity index is 535. The highest BCUT2D eigenvalue weighted by Crippen LogP contribution is 2.37. The first-order valence-corrected chi connectivity index (χ1v) is 6.41. The van der Waals surface area contributed by atoms with Crippen LogP contribution in [0.15, 0.2) is 6.07 Å². The number of ether oxygens (including phenoxy) is 2. The van der Waals surface area contributed by atoms with E-state index in [-0.39, 0.29) is 5.78 Å². The van der Waals surface area contributed by atoms with Crippen molar-refractivity contribution in [2.75, 3.05) is 7.11 Å². The third-order valence-corrected chi connectivity index (χ3v) is 3.02. The average Bonchev–Trinajstić information content (AvgIpc) is 2.25. The summed E-state index contributed by atoms with van der Waals surface area (Å²) in [5, 5.41) is 0. The van der Waals surface area contributed by atoms with Gasteiger partial charge in [0, 0.05) is 34.9 Å². The van der Waals surface area contributed by atoms with E-state index in [0.29, 0.717) is 12.2 Å². The van der Waals surface area contributed by atoms with E-state index in [0.717, 1.165) is 17.0 Å². The third-order valence-electron chi connectivity index (χ3n) is 3.02. The number of Topliss-reactive ketones (excluding diaryl/α,β-unsaturated/α-hetero) is 1. The maximum Gasteiger partial charge on any atom is 0.513 e. The summed E-state index contributed by atoms with van der Waals surface area (Å²) in [6.45, 7) is 9.06. The van der Waals surface area contributed by atoms with Gasteiger partial charge in [0.25, 0.3) is 0 Å². The maximum absolute atomic E-state index is 11.4. The van der Waals surface area contributed by atoms with Crippen molar-refractivity contribution in [1.29, 1.82) is 0 Å². The van der Waals surface area contributed by atoms with Gasteiger partial charge in [-0.3, -0.25) is 9.78 Å². The maximum atomic E-state index is 11.4. The third kappa shape index (κ3) is 3.79. The van der Waals surface area contributed by atoms with Crippen molar-refractivity contribution in [2.45, 2.75) is 46.5 Å². The Morgan fingerprint density at radius 3 is 2.40 bits per heavy atom. The van der Waals surface area contributed by atoms with Gasteiger partial charge in [0.1, 0.15) is 11.5 Å². The van der Waals surface area contributed by atoms with Crippen molar-refractivity contribution in [3.8, 4) is 5.75 Å². The largest absolute Gasteiger partial charge is 0.513 e.